The first-order chi connectivity index (χ1) is 14.6. The van der Waals surface area contributed by atoms with Crippen LogP contribution in [-0.2, 0) is 4.79 Å². The highest BCUT2D eigenvalue weighted by molar-refractivity contribution is 7.08. The van der Waals surface area contributed by atoms with Crippen LogP contribution >= 0.6 is 11.3 Å². The predicted octanol–water partition coefficient (Wildman–Crippen LogP) is 3.35. The number of Topliss-reactive ketones (excluding diaryl/α,β-unsaturated/α-hetero) is 1. The number of fused-ring (bicyclic) bond motifs is 1. The number of nitrogen functional groups attached to an aromatic ring is 1. The van der Waals surface area contributed by atoms with Gasteiger partial charge >= 0.3 is 0 Å². The van der Waals surface area contributed by atoms with Gasteiger partial charge in [0.25, 0.3) is 0 Å². The second-order valence-corrected chi connectivity index (χ2v) is 8.14. The number of carbonyl (C=O) groups excluding carboxylic acids is 1. The Hall–Kier alpha value is -3.33. The van der Waals surface area contributed by atoms with E-state index in [4.69, 9.17) is 15.2 Å². The van der Waals surface area contributed by atoms with Gasteiger partial charge < -0.3 is 20.5 Å². The second kappa shape index (κ2) is 7.17. The van der Waals surface area contributed by atoms with Gasteiger partial charge in [0.1, 0.15) is 6.04 Å². The number of thiophene rings is 1. The number of aromatic nitrogens is 3. The van der Waals surface area contributed by atoms with Gasteiger partial charge in [-0.2, -0.15) is 16.3 Å². The lowest BCUT2D eigenvalue weighted by Gasteiger charge is -2.34. The van der Waals surface area contributed by atoms with Crippen molar-refractivity contribution in [1.29, 1.82) is 0 Å². The summed E-state index contributed by atoms with van der Waals surface area (Å²) in [5.74, 6) is 2.19. The molecule has 2 aliphatic rings. The van der Waals surface area contributed by atoms with Crippen LogP contribution in [0.4, 0.5) is 11.9 Å². The SMILES string of the molecule is COc1ccc(C2CC(=O)C3=C(C2)Nc2nc(N)nn2C3c2ccsc2)cc1OC. The van der Waals surface area contributed by atoms with E-state index in [1.54, 1.807) is 30.2 Å². The van der Waals surface area contributed by atoms with Gasteiger partial charge in [-0.05, 0) is 52.4 Å². The molecule has 0 amide bonds. The smallest absolute Gasteiger partial charge is 0.241 e. The number of carbonyl (C=O) groups is 1. The van der Waals surface area contributed by atoms with Gasteiger partial charge in [0.05, 0.1) is 14.2 Å². The molecule has 154 valence electrons. The third kappa shape index (κ3) is 2.93. The van der Waals surface area contributed by atoms with Crippen molar-refractivity contribution in [1.82, 2.24) is 14.8 Å². The Morgan fingerprint density at radius 2 is 2.00 bits per heavy atom. The van der Waals surface area contributed by atoms with Crippen LogP contribution in [0.2, 0.25) is 0 Å². The van der Waals surface area contributed by atoms with E-state index in [1.807, 2.05) is 35.0 Å². The summed E-state index contributed by atoms with van der Waals surface area (Å²) in [5.41, 5.74) is 9.53. The maximum absolute atomic E-state index is 13.4. The molecular formula is C21H21N5O3S. The van der Waals surface area contributed by atoms with Gasteiger partial charge in [-0.3, -0.25) is 4.79 Å². The number of hydrogen-bond acceptors (Lipinski definition) is 8. The number of nitrogens with one attached hydrogen (secondary N) is 1. The van der Waals surface area contributed by atoms with E-state index in [1.165, 1.54) is 0 Å². The van der Waals surface area contributed by atoms with Crippen LogP contribution in [0.25, 0.3) is 0 Å². The molecule has 1 aromatic carbocycles. The molecule has 2 unspecified atom stereocenters. The van der Waals surface area contributed by atoms with Crippen LogP contribution in [0.1, 0.15) is 35.9 Å². The largest absolute Gasteiger partial charge is 0.493 e. The van der Waals surface area contributed by atoms with Crippen molar-refractivity contribution in [2.24, 2.45) is 0 Å². The number of allylic oxidation sites excluding steroid dienone is 2. The first-order valence-electron chi connectivity index (χ1n) is 9.58. The zero-order valence-electron chi connectivity index (χ0n) is 16.6. The number of rotatable bonds is 4. The number of ketones is 1. The van der Waals surface area contributed by atoms with Gasteiger partial charge in [0, 0.05) is 17.7 Å². The molecule has 9 heteroatoms. The minimum Gasteiger partial charge on any atom is -0.493 e. The van der Waals surface area contributed by atoms with Crippen molar-refractivity contribution in [2.75, 3.05) is 25.3 Å². The molecule has 1 aliphatic carbocycles. The normalized spacial score (nSPS) is 20.4. The average Bonchev–Trinajstić information content (AvgIpc) is 3.40. The minimum atomic E-state index is -0.314. The maximum Gasteiger partial charge on any atom is 0.241 e. The first kappa shape index (κ1) is 18.7. The molecule has 8 nitrogen and oxygen atoms in total. The lowest BCUT2D eigenvalue weighted by atomic mass is 9.78. The number of ether oxygens (including phenoxy) is 2. The molecule has 0 saturated carbocycles. The Bertz CT molecular complexity index is 1150. The van der Waals surface area contributed by atoms with Crippen LogP contribution in [-0.4, -0.2) is 34.8 Å². The zero-order valence-corrected chi connectivity index (χ0v) is 17.4. The summed E-state index contributed by atoms with van der Waals surface area (Å²) in [6.07, 6.45) is 1.10. The summed E-state index contributed by atoms with van der Waals surface area (Å²) >= 11 is 1.59. The Morgan fingerprint density at radius 3 is 2.73 bits per heavy atom. The van der Waals surface area contributed by atoms with Crippen molar-refractivity contribution < 1.29 is 14.3 Å². The van der Waals surface area contributed by atoms with Crippen LogP contribution in [0.3, 0.4) is 0 Å². The molecule has 0 radical (unpaired) electrons. The van der Waals surface area contributed by atoms with Gasteiger partial charge in [-0.25, -0.2) is 4.68 Å². The van der Waals surface area contributed by atoms with E-state index in [0.717, 1.165) is 22.4 Å². The molecule has 2 aromatic heterocycles. The number of nitrogens with zero attached hydrogens (tertiary/aromatic N) is 3. The van der Waals surface area contributed by atoms with Gasteiger partial charge in [-0.15, -0.1) is 5.10 Å². The zero-order chi connectivity index (χ0) is 20.8. The summed E-state index contributed by atoms with van der Waals surface area (Å²) in [7, 11) is 3.22. The molecule has 1 aliphatic heterocycles. The molecule has 3 heterocycles. The number of methoxy groups -OCH3 is 2. The molecule has 3 aromatic rings. The third-order valence-corrected chi connectivity index (χ3v) is 6.38. The summed E-state index contributed by atoms with van der Waals surface area (Å²) in [6, 6.07) is 7.52. The number of nitrogens with two attached hydrogens (primary N) is 1. The summed E-state index contributed by atoms with van der Waals surface area (Å²) in [6.45, 7) is 0. The van der Waals surface area contributed by atoms with E-state index in [-0.39, 0.29) is 23.7 Å². The topological polar surface area (TPSA) is 104 Å². The quantitative estimate of drug-likeness (QED) is 0.663. The third-order valence-electron chi connectivity index (χ3n) is 5.67. The highest BCUT2D eigenvalue weighted by Crippen LogP contribution is 2.45. The molecule has 0 saturated heterocycles. The molecule has 30 heavy (non-hydrogen) atoms. The molecule has 5 rings (SSSR count). The summed E-state index contributed by atoms with van der Waals surface area (Å²) in [4.78, 5) is 17.7. The standard InChI is InChI=1S/C21H21N5O3S/c1-28-16-4-3-11(9-17(16)29-2)13-7-14-18(15(27)8-13)19(12-5-6-30-10-12)26-21(23-14)24-20(22)25-26/h3-6,9-10,13,19H,7-8H2,1-2H3,(H3,22,23,24,25). The van der Waals surface area contributed by atoms with Crippen LogP contribution in [0, 0.1) is 0 Å². The van der Waals surface area contributed by atoms with E-state index in [2.05, 4.69) is 15.4 Å². The summed E-state index contributed by atoms with van der Waals surface area (Å²) in [5, 5.41) is 11.7. The average molecular weight is 423 g/mol. The van der Waals surface area contributed by atoms with Gasteiger partial charge in [0.2, 0.25) is 11.9 Å². The fourth-order valence-corrected chi connectivity index (χ4v) is 4.99. The molecule has 0 spiro atoms. The summed E-state index contributed by atoms with van der Waals surface area (Å²) < 4.78 is 12.5. The number of benzene rings is 1. The van der Waals surface area contributed by atoms with E-state index < -0.39 is 0 Å². The van der Waals surface area contributed by atoms with Crippen molar-refractivity contribution in [3.05, 3.63) is 57.4 Å². The Kier molecular flexibility index (Phi) is 4.47. The second-order valence-electron chi connectivity index (χ2n) is 7.36. The first-order valence-corrected chi connectivity index (χ1v) is 10.5. The Morgan fingerprint density at radius 1 is 1.17 bits per heavy atom. The Labute approximate surface area is 177 Å². The molecular weight excluding hydrogens is 402 g/mol. The van der Waals surface area contributed by atoms with E-state index in [9.17, 15) is 4.79 Å². The van der Waals surface area contributed by atoms with E-state index >= 15 is 0 Å². The monoisotopic (exact) mass is 423 g/mol. The van der Waals surface area contributed by atoms with Crippen molar-refractivity contribution >= 4 is 29.0 Å². The molecule has 0 fully saturated rings. The lowest BCUT2D eigenvalue weighted by Crippen LogP contribution is -2.33. The molecule has 3 N–H and O–H groups in total. The minimum absolute atomic E-state index is 0.0264. The fourth-order valence-electron chi connectivity index (χ4n) is 4.31. The van der Waals surface area contributed by atoms with Crippen LogP contribution < -0.4 is 20.5 Å². The highest BCUT2D eigenvalue weighted by atomic mass is 32.1. The Balaban J connectivity index is 1.56. The van der Waals surface area contributed by atoms with Crippen LogP contribution in [0.5, 0.6) is 11.5 Å². The predicted molar refractivity (Wildman–Crippen MR) is 114 cm³/mol. The molecule has 0 bridgehead atoms. The number of anilines is 2. The maximum atomic E-state index is 13.4. The number of hydrogen-bond donors (Lipinski definition) is 2. The highest BCUT2D eigenvalue weighted by Gasteiger charge is 2.39. The van der Waals surface area contributed by atoms with Crippen molar-refractivity contribution in [3.63, 3.8) is 0 Å². The van der Waals surface area contributed by atoms with Crippen molar-refractivity contribution in [3.8, 4) is 11.5 Å². The van der Waals surface area contributed by atoms with Gasteiger partial charge in [-0.1, -0.05) is 6.07 Å². The van der Waals surface area contributed by atoms with E-state index in [0.29, 0.717) is 30.3 Å². The molecule has 2 atom stereocenters. The lowest BCUT2D eigenvalue weighted by molar-refractivity contribution is -0.116. The fraction of sp³-hybridized carbons (Fsp3) is 0.286. The van der Waals surface area contributed by atoms with Gasteiger partial charge in [0.15, 0.2) is 17.3 Å². The van der Waals surface area contributed by atoms with Crippen LogP contribution in [0.15, 0.2) is 46.3 Å². The van der Waals surface area contributed by atoms with Crippen molar-refractivity contribution in [2.45, 2.75) is 24.8 Å².